The van der Waals surface area contributed by atoms with Crippen molar-refractivity contribution in [2.45, 2.75) is 33.1 Å². The molecule has 18 heavy (non-hydrogen) atoms. The maximum Gasteiger partial charge on any atom is 0.143 e. The van der Waals surface area contributed by atoms with Gasteiger partial charge < -0.3 is 15.4 Å². The first kappa shape index (κ1) is 13.1. The van der Waals surface area contributed by atoms with Crippen LogP contribution in [0.5, 0.6) is 5.75 Å². The lowest BCUT2D eigenvalue weighted by molar-refractivity contribution is 0.325. The molecular formula is C15H24N2O. The number of nitrogens with zero attached hydrogens (tertiary/aromatic N) is 1. The van der Waals surface area contributed by atoms with Crippen LogP contribution in [0.15, 0.2) is 18.2 Å². The Kier molecular flexibility index (Phi) is 3.69. The van der Waals surface area contributed by atoms with Crippen LogP contribution >= 0.6 is 0 Å². The number of ether oxygens (including phenoxy) is 1. The highest BCUT2D eigenvalue weighted by Crippen LogP contribution is 2.36. The summed E-state index contributed by atoms with van der Waals surface area (Å²) >= 11 is 0. The quantitative estimate of drug-likeness (QED) is 0.816. The zero-order valence-corrected chi connectivity index (χ0v) is 11.7. The number of nitrogens with two attached hydrogens (primary N) is 1. The highest BCUT2D eigenvalue weighted by atomic mass is 16.5. The van der Waals surface area contributed by atoms with E-state index in [1.54, 1.807) is 7.11 Å². The van der Waals surface area contributed by atoms with Gasteiger partial charge in [0.2, 0.25) is 0 Å². The first-order valence-corrected chi connectivity index (χ1v) is 6.71. The predicted molar refractivity (Wildman–Crippen MR) is 77.3 cm³/mol. The van der Waals surface area contributed by atoms with Gasteiger partial charge in [-0.05, 0) is 36.8 Å². The minimum atomic E-state index is 0.447. The van der Waals surface area contributed by atoms with E-state index in [1.807, 2.05) is 12.1 Å². The fraction of sp³-hybridized carbons (Fsp3) is 0.600. The van der Waals surface area contributed by atoms with E-state index >= 15 is 0 Å². The first-order chi connectivity index (χ1) is 8.53. The van der Waals surface area contributed by atoms with Crippen LogP contribution in [0.3, 0.4) is 0 Å². The van der Waals surface area contributed by atoms with Crippen molar-refractivity contribution in [1.29, 1.82) is 0 Å². The highest BCUT2D eigenvalue weighted by Gasteiger charge is 2.24. The molecule has 1 heterocycles. The molecule has 0 aliphatic carbocycles. The van der Waals surface area contributed by atoms with Crippen LogP contribution in [0.2, 0.25) is 0 Å². The first-order valence-electron chi connectivity index (χ1n) is 6.71. The van der Waals surface area contributed by atoms with Gasteiger partial charge in [-0.2, -0.15) is 0 Å². The Labute approximate surface area is 110 Å². The van der Waals surface area contributed by atoms with E-state index in [1.165, 1.54) is 19.3 Å². The molecule has 3 heteroatoms. The molecule has 1 aromatic rings. The van der Waals surface area contributed by atoms with Crippen molar-refractivity contribution in [3.05, 3.63) is 18.2 Å². The number of hydrogen-bond donors (Lipinski definition) is 1. The van der Waals surface area contributed by atoms with Crippen molar-refractivity contribution < 1.29 is 4.74 Å². The Hall–Kier alpha value is -1.38. The van der Waals surface area contributed by atoms with Gasteiger partial charge in [-0.25, -0.2) is 0 Å². The molecule has 0 saturated carbocycles. The molecule has 1 aliphatic heterocycles. The summed E-state index contributed by atoms with van der Waals surface area (Å²) in [4.78, 5) is 2.40. The van der Waals surface area contributed by atoms with Crippen molar-refractivity contribution in [3.8, 4) is 5.75 Å². The summed E-state index contributed by atoms with van der Waals surface area (Å²) in [7, 11) is 1.67. The average Bonchev–Trinajstić information content (AvgIpc) is 2.51. The molecule has 1 saturated heterocycles. The van der Waals surface area contributed by atoms with Gasteiger partial charge in [0, 0.05) is 13.1 Å². The van der Waals surface area contributed by atoms with E-state index in [2.05, 4.69) is 24.8 Å². The normalized spacial score (nSPS) is 19.4. The number of benzene rings is 1. The van der Waals surface area contributed by atoms with Gasteiger partial charge >= 0.3 is 0 Å². The van der Waals surface area contributed by atoms with Crippen molar-refractivity contribution >= 4 is 11.4 Å². The van der Waals surface area contributed by atoms with E-state index in [9.17, 15) is 0 Å². The Morgan fingerprint density at radius 3 is 2.72 bits per heavy atom. The summed E-state index contributed by atoms with van der Waals surface area (Å²) in [5.41, 5.74) is 8.50. The van der Waals surface area contributed by atoms with Crippen LogP contribution < -0.4 is 15.4 Å². The molecule has 0 bridgehead atoms. The zero-order valence-electron chi connectivity index (χ0n) is 11.7. The summed E-state index contributed by atoms with van der Waals surface area (Å²) < 4.78 is 5.30. The van der Waals surface area contributed by atoms with Crippen molar-refractivity contribution in [2.75, 3.05) is 30.8 Å². The zero-order chi connectivity index (χ0) is 13.2. The number of nitrogen functional groups attached to an aromatic ring is 1. The van der Waals surface area contributed by atoms with Gasteiger partial charge in [-0.15, -0.1) is 0 Å². The molecule has 2 rings (SSSR count). The van der Waals surface area contributed by atoms with Crippen LogP contribution in [0, 0.1) is 5.41 Å². The van der Waals surface area contributed by atoms with Gasteiger partial charge in [0.1, 0.15) is 5.75 Å². The lowest BCUT2D eigenvalue weighted by atomic mass is 9.85. The smallest absolute Gasteiger partial charge is 0.143 e. The number of rotatable bonds is 2. The molecule has 0 atom stereocenters. The minimum absolute atomic E-state index is 0.447. The standard InChI is InChI=1S/C15H24N2O/c1-15(2)8-5-10-17(11-9-15)12-6-4-7-13(18-3)14(12)16/h4,6-7H,5,8-11,16H2,1-3H3. The SMILES string of the molecule is COc1cccc(N2CCCC(C)(C)CC2)c1N. The van der Waals surface area contributed by atoms with Crippen LogP contribution in [0.25, 0.3) is 0 Å². The van der Waals surface area contributed by atoms with Gasteiger partial charge in [0.05, 0.1) is 18.5 Å². The molecule has 0 unspecified atom stereocenters. The third kappa shape index (κ3) is 2.71. The molecular weight excluding hydrogens is 224 g/mol. The Morgan fingerprint density at radius 1 is 1.22 bits per heavy atom. The second-order valence-corrected chi connectivity index (χ2v) is 5.90. The van der Waals surface area contributed by atoms with Crippen LogP contribution in [-0.2, 0) is 0 Å². The number of anilines is 2. The summed E-state index contributed by atoms with van der Waals surface area (Å²) in [5, 5.41) is 0. The average molecular weight is 248 g/mol. The Morgan fingerprint density at radius 2 is 2.00 bits per heavy atom. The second kappa shape index (κ2) is 5.09. The lowest BCUT2D eigenvalue weighted by Crippen LogP contribution is -2.26. The Balaban J connectivity index is 2.21. The monoisotopic (exact) mass is 248 g/mol. The van der Waals surface area contributed by atoms with Gasteiger partial charge in [0.25, 0.3) is 0 Å². The van der Waals surface area contributed by atoms with Crippen molar-refractivity contribution in [3.63, 3.8) is 0 Å². The van der Waals surface area contributed by atoms with Crippen LogP contribution in [0.4, 0.5) is 11.4 Å². The molecule has 2 N–H and O–H groups in total. The minimum Gasteiger partial charge on any atom is -0.495 e. The molecule has 1 aliphatic rings. The third-order valence-electron chi connectivity index (χ3n) is 3.94. The summed E-state index contributed by atoms with van der Waals surface area (Å²) in [6.07, 6.45) is 3.72. The number of methoxy groups -OCH3 is 1. The molecule has 0 aromatic heterocycles. The van der Waals surface area contributed by atoms with Crippen LogP contribution in [0.1, 0.15) is 33.1 Å². The fourth-order valence-electron chi connectivity index (χ4n) is 2.65. The molecule has 0 radical (unpaired) electrons. The van der Waals surface area contributed by atoms with Crippen molar-refractivity contribution in [1.82, 2.24) is 0 Å². The molecule has 0 spiro atoms. The predicted octanol–water partition coefficient (Wildman–Crippen LogP) is 3.29. The van der Waals surface area contributed by atoms with E-state index in [-0.39, 0.29) is 0 Å². The summed E-state index contributed by atoms with van der Waals surface area (Å²) in [6, 6.07) is 6.03. The maximum atomic E-state index is 6.18. The van der Waals surface area contributed by atoms with E-state index in [0.29, 0.717) is 5.41 Å². The Bertz CT molecular complexity index is 415. The molecule has 100 valence electrons. The topological polar surface area (TPSA) is 38.5 Å². The lowest BCUT2D eigenvalue weighted by Gasteiger charge is -2.26. The fourth-order valence-corrected chi connectivity index (χ4v) is 2.65. The number of hydrogen-bond acceptors (Lipinski definition) is 3. The largest absolute Gasteiger partial charge is 0.495 e. The van der Waals surface area contributed by atoms with Gasteiger partial charge in [0.15, 0.2) is 0 Å². The summed E-state index contributed by atoms with van der Waals surface area (Å²) in [6.45, 7) is 6.86. The molecule has 3 nitrogen and oxygen atoms in total. The van der Waals surface area contributed by atoms with E-state index < -0.39 is 0 Å². The van der Waals surface area contributed by atoms with Crippen molar-refractivity contribution in [2.24, 2.45) is 5.41 Å². The highest BCUT2D eigenvalue weighted by molar-refractivity contribution is 5.74. The molecule has 1 aromatic carbocycles. The van der Waals surface area contributed by atoms with E-state index in [0.717, 1.165) is 30.2 Å². The van der Waals surface area contributed by atoms with Crippen LogP contribution in [-0.4, -0.2) is 20.2 Å². The van der Waals surface area contributed by atoms with E-state index in [4.69, 9.17) is 10.5 Å². The summed E-state index contributed by atoms with van der Waals surface area (Å²) in [5.74, 6) is 0.774. The van der Waals surface area contributed by atoms with Gasteiger partial charge in [-0.3, -0.25) is 0 Å². The number of para-hydroxylation sites is 1. The molecule has 0 amide bonds. The molecule has 1 fully saturated rings. The van der Waals surface area contributed by atoms with Gasteiger partial charge in [-0.1, -0.05) is 19.9 Å². The third-order valence-corrected chi connectivity index (χ3v) is 3.94. The second-order valence-electron chi connectivity index (χ2n) is 5.90. The maximum absolute atomic E-state index is 6.18.